The summed E-state index contributed by atoms with van der Waals surface area (Å²) in [5, 5.41) is 0. The Morgan fingerprint density at radius 2 is 0.333 bits per heavy atom. The molecule has 0 unspecified atom stereocenters. The fourth-order valence-electron chi connectivity index (χ4n) is 2.81. The maximum Gasteiger partial charge on any atom is 1.00 e. The predicted octanol–water partition coefficient (Wildman–Crippen LogP) is 3.85. The summed E-state index contributed by atoms with van der Waals surface area (Å²) in [6.45, 7) is 22.0. The summed E-state index contributed by atoms with van der Waals surface area (Å²) in [5.41, 5.74) is 0. The molecule has 0 N–H and O–H groups in total. The first-order chi connectivity index (χ1) is 9.11. The Balaban J connectivity index is -0.000000143. The van der Waals surface area contributed by atoms with Gasteiger partial charge in [-0.25, -0.2) is 0 Å². The number of hydrogen-bond acceptors (Lipinski definition) is 0. The van der Waals surface area contributed by atoms with E-state index >= 15 is 0 Å². The van der Waals surface area contributed by atoms with Crippen LogP contribution in [0.5, 0.6) is 0 Å². The monoisotopic (exact) mass is 481 g/mol. The van der Waals surface area contributed by atoms with Crippen molar-refractivity contribution in [2.45, 2.75) is 69.2 Å². The smallest absolute Gasteiger partial charge is 0.358 e. The van der Waals surface area contributed by atoms with Crippen molar-refractivity contribution in [2.75, 3.05) is 0 Å². The van der Waals surface area contributed by atoms with Crippen molar-refractivity contribution in [3.63, 3.8) is 0 Å². The third-order valence-electron chi connectivity index (χ3n) is 5.62. The van der Waals surface area contributed by atoms with Crippen LogP contribution in [0, 0.1) is 121 Å². The molecule has 0 aliphatic heterocycles. The molecule has 2 aliphatic carbocycles. The van der Waals surface area contributed by atoms with Crippen molar-refractivity contribution in [1.29, 1.82) is 0 Å². The zero-order valence-electron chi connectivity index (χ0n) is 18.3. The summed E-state index contributed by atoms with van der Waals surface area (Å²) in [6.07, 6.45) is 0. The van der Waals surface area contributed by atoms with Gasteiger partial charge in [0.2, 0.25) is 0 Å². The van der Waals surface area contributed by atoms with Crippen LogP contribution in [0.1, 0.15) is 69.2 Å². The van der Waals surface area contributed by atoms with E-state index in [0.29, 0.717) is 0 Å². The van der Waals surface area contributed by atoms with Gasteiger partial charge < -0.3 is 14.9 Å². The molecular weight excluding hydrogens is 444 g/mol. The van der Waals surface area contributed by atoms with Crippen molar-refractivity contribution < 1.29 is 65.8 Å². The molecular formula is C22H36LiYb-. The molecule has 2 aliphatic rings. The Morgan fingerprint density at radius 3 is 0.375 bits per heavy atom. The van der Waals surface area contributed by atoms with Crippen LogP contribution in [-0.4, -0.2) is 0 Å². The largest absolute Gasteiger partial charge is 1.00 e. The summed E-state index contributed by atoms with van der Waals surface area (Å²) in [7, 11) is 0. The molecule has 0 saturated heterocycles. The molecule has 140 valence electrons. The first kappa shape index (κ1) is 33.7. The van der Waals surface area contributed by atoms with Crippen molar-refractivity contribution in [1.82, 2.24) is 0 Å². The average molecular weight is 481 g/mol. The van der Waals surface area contributed by atoms with Crippen LogP contribution in [-0.2, 0) is 0 Å². The van der Waals surface area contributed by atoms with Gasteiger partial charge >= 0.3 is 18.9 Å². The molecule has 0 amide bonds. The molecule has 0 spiro atoms. The predicted molar refractivity (Wildman–Crippen MR) is 102 cm³/mol. The molecule has 0 aromatic heterocycles. The van der Waals surface area contributed by atoms with E-state index in [4.69, 9.17) is 0 Å². The number of rotatable bonds is 0. The third kappa shape index (κ3) is 7.27. The second kappa shape index (κ2) is 14.2. The minimum Gasteiger partial charge on any atom is -0.358 e. The van der Waals surface area contributed by atoms with Gasteiger partial charge in [-0.3, -0.25) is 0 Å². The van der Waals surface area contributed by atoms with E-state index in [1.54, 1.807) is 0 Å². The summed E-state index contributed by atoms with van der Waals surface area (Å²) in [6, 6.07) is 0. The maximum atomic E-state index is 2.20. The molecule has 0 atom stereocenters. The van der Waals surface area contributed by atoms with Crippen LogP contribution in [0.15, 0.2) is 0 Å². The van der Waals surface area contributed by atoms with Crippen molar-refractivity contribution >= 4 is 0 Å². The van der Waals surface area contributed by atoms with E-state index in [1.807, 2.05) is 0 Å². The van der Waals surface area contributed by atoms with E-state index in [9.17, 15) is 0 Å². The van der Waals surface area contributed by atoms with Crippen molar-refractivity contribution in [2.24, 2.45) is 0 Å². The van der Waals surface area contributed by atoms with Crippen LogP contribution >= 0.6 is 0 Å². The van der Waals surface area contributed by atoms with Crippen LogP contribution in [0.4, 0.5) is 0 Å². The van der Waals surface area contributed by atoms with Gasteiger partial charge in [-0.2, -0.15) is 0 Å². The van der Waals surface area contributed by atoms with E-state index in [0.717, 1.165) is 0 Å². The minimum atomic E-state index is 0. The van der Waals surface area contributed by atoms with Crippen molar-refractivity contribution in [3.8, 4) is 0 Å². The molecule has 2 rings (SSSR count). The fourth-order valence-corrected chi connectivity index (χ4v) is 2.81. The Labute approximate surface area is 206 Å². The Hall–Kier alpha value is 2.12. The van der Waals surface area contributed by atoms with Gasteiger partial charge in [-0.05, 0) is 59.2 Å². The third-order valence-corrected chi connectivity index (χ3v) is 5.62. The summed E-state index contributed by atoms with van der Waals surface area (Å²) in [5.74, 6) is 14.7. The zero-order valence-corrected chi connectivity index (χ0v) is 20.0. The molecule has 2 fully saturated rings. The fraction of sp³-hybridized carbons (Fsp3) is 0.455. The quantitative estimate of drug-likeness (QED) is 0.365. The molecule has 24 heavy (non-hydrogen) atoms. The van der Waals surface area contributed by atoms with Gasteiger partial charge in [0.1, 0.15) is 0 Å². The van der Waals surface area contributed by atoms with Gasteiger partial charge in [-0.1, -0.05) is 69.2 Å². The van der Waals surface area contributed by atoms with Gasteiger partial charge in [0.15, 0.2) is 0 Å². The zero-order chi connectivity index (χ0) is 15.8. The standard InChI is InChI=1S/2C10H15.2CH3.Li.Yb/c2*1-6-7(2)9(4)10(5)8(6)3;;;;/h2*1-5H3;2*1H3;;/q;;2*-1;+1;. The second-order valence-corrected chi connectivity index (χ2v) is 6.25. The number of hydrogen-bond donors (Lipinski definition) is 0. The van der Waals surface area contributed by atoms with Crippen molar-refractivity contribution in [3.05, 3.63) is 74.0 Å². The molecule has 0 nitrogen and oxygen atoms in total. The summed E-state index contributed by atoms with van der Waals surface area (Å²) >= 11 is 0. The van der Waals surface area contributed by atoms with Gasteiger partial charge in [0, 0.05) is 46.9 Å². The molecule has 2 heteroatoms. The van der Waals surface area contributed by atoms with Crippen LogP contribution in [0.2, 0.25) is 0 Å². The molecule has 0 bridgehead atoms. The average Bonchev–Trinajstić information content (AvgIpc) is 2.71. The molecule has 10 radical (unpaired) electrons. The molecule has 0 aromatic rings. The SMILES string of the molecule is C[C]1[C](C)[C](C)[C](C)[C]1C.C[C]1[C](C)[C](C)[C](C)[C]1C.[CH3-].[CH3-].[Li+].[Yb]. The minimum absolute atomic E-state index is 0. The molecule has 2 saturated carbocycles. The normalized spacial score (nSPS) is 23.8. The van der Waals surface area contributed by atoms with Gasteiger partial charge in [0.05, 0.1) is 0 Å². The molecule has 0 heterocycles. The van der Waals surface area contributed by atoms with Crippen LogP contribution < -0.4 is 18.9 Å². The Kier molecular flexibility index (Phi) is 19.9. The van der Waals surface area contributed by atoms with Crippen LogP contribution in [0.3, 0.4) is 0 Å². The first-order valence-corrected chi connectivity index (χ1v) is 7.50. The van der Waals surface area contributed by atoms with E-state index in [1.165, 1.54) is 59.2 Å². The Bertz CT molecular complexity index is 187. The van der Waals surface area contributed by atoms with Crippen LogP contribution in [0.25, 0.3) is 0 Å². The first-order valence-electron chi connectivity index (χ1n) is 7.50. The van der Waals surface area contributed by atoms with E-state index in [-0.39, 0.29) is 80.6 Å². The van der Waals surface area contributed by atoms with E-state index in [2.05, 4.69) is 69.2 Å². The summed E-state index contributed by atoms with van der Waals surface area (Å²) in [4.78, 5) is 0. The topological polar surface area (TPSA) is 0 Å². The summed E-state index contributed by atoms with van der Waals surface area (Å²) < 4.78 is 0. The van der Waals surface area contributed by atoms with Gasteiger partial charge in [0.25, 0.3) is 0 Å². The molecule has 0 aromatic carbocycles. The maximum absolute atomic E-state index is 2.20. The second-order valence-electron chi connectivity index (χ2n) is 6.25. The Morgan fingerprint density at radius 1 is 0.292 bits per heavy atom. The van der Waals surface area contributed by atoms with Gasteiger partial charge in [-0.15, -0.1) is 0 Å². The van der Waals surface area contributed by atoms with E-state index < -0.39 is 0 Å².